The maximum absolute atomic E-state index is 11.9. The highest BCUT2D eigenvalue weighted by atomic mass is 79.9. The molecule has 4 aliphatic rings. The van der Waals surface area contributed by atoms with E-state index in [1.54, 1.807) is 0 Å². The smallest absolute Gasteiger partial charge is 0.233 e. The van der Waals surface area contributed by atoms with Crippen molar-refractivity contribution < 1.29 is 4.79 Å². The van der Waals surface area contributed by atoms with E-state index in [0.717, 1.165) is 73.4 Å². The number of nitrogens with two attached hydrogens (primary N) is 2. The Morgan fingerprint density at radius 2 is 1.66 bits per heavy atom. The molecular weight excluding hydrogens is 570 g/mol. The normalized spacial score (nSPS) is 37.2. The van der Waals surface area contributed by atoms with Crippen molar-refractivity contribution in [1.82, 2.24) is 5.32 Å². The molecule has 5 heteroatoms. The topological polar surface area (TPSA) is 81.1 Å². The van der Waals surface area contributed by atoms with Crippen LogP contribution in [0.15, 0.2) is 0 Å². The van der Waals surface area contributed by atoms with E-state index in [1.807, 2.05) is 20.8 Å². The summed E-state index contributed by atoms with van der Waals surface area (Å²) in [4.78, 5) is 11.9. The number of carbonyl (C=O) groups excluding carboxylic acids is 1. The van der Waals surface area contributed by atoms with Crippen molar-refractivity contribution in [3.05, 3.63) is 0 Å². The molecule has 0 spiro atoms. The number of alkyl halides is 1. The number of amides is 1. The zero-order valence-electron chi connectivity index (χ0n) is 27.6. The van der Waals surface area contributed by atoms with E-state index in [2.05, 4.69) is 61.8 Å². The van der Waals surface area contributed by atoms with Gasteiger partial charge in [-0.05, 0) is 105 Å². The molecule has 1 amide bonds. The highest BCUT2D eigenvalue weighted by molar-refractivity contribution is 9.09. The summed E-state index contributed by atoms with van der Waals surface area (Å²) >= 11 is 3.15. The Balaban J connectivity index is 0.00000128. The molecule has 0 aromatic rings. The van der Waals surface area contributed by atoms with Crippen LogP contribution in [0.25, 0.3) is 0 Å². The Morgan fingerprint density at radius 3 is 2.17 bits per heavy atom. The molecule has 5 N–H and O–H groups in total. The van der Waals surface area contributed by atoms with Gasteiger partial charge in [-0.1, -0.05) is 91.6 Å². The minimum absolute atomic E-state index is 0. The quantitative estimate of drug-likeness (QED) is 0.200. The molecule has 0 heterocycles. The fraction of sp³-hybridized carbons (Fsp3) is 0.917. The van der Waals surface area contributed by atoms with Gasteiger partial charge in [0.25, 0.3) is 0 Å². The third-order valence-corrected chi connectivity index (χ3v) is 11.4. The van der Waals surface area contributed by atoms with Gasteiger partial charge in [-0.2, -0.15) is 0 Å². The van der Waals surface area contributed by atoms with Crippen molar-refractivity contribution in [1.29, 1.82) is 0 Å². The van der Waals surface area contributed by atoms with Crippen LogP contribution in [0.4, 0.5) is 0 Å². The van der Waals surface area contributed by atoms with Crippen LogP contribution in [0, 0.1) is 52.8 Å². The molecule has 41 heavy (non-hydrogen) atoms. The van der Waals surface area contributed by atoms with Crippen LogP contribution in [-0.4, -0.2) is 29.4 Å². The van der Waals surface area contributed by atoms with Gasteiger partial charge in [0.1, 0.15) is 0 Å². The molecule has 4 aliphatic carbocycles. The van der Waals surface area contributed by atoms with Crippen molar-refractivity contribution in [2.45, 2.75) is 158 Å². The Labute approximate surface area is 265 Å². The first-order chi connectivity index (χ1) is 19.0. The number of unbranched alkanes of at least 4 members (excludes halogenated alkanes) is 1. The van der Waals surface area contributed by atoms with Crippen molar-refractivity contribution in [3.63, 3.8) is 0 Å². The van der Waals surface area contributed by atoms with Crippen LogP contribution >= 0.6 is 15.9 Å². The molecule has 0 saturated heterocycles. The maximum atomic E-state index is 11.9. The molecule has 0 aliphatic heterocycles. The van der Waals surface area contributed by atoms with Gasteiger partial charge in [-0.25, -0.2) is 0 Å². The van der Waals surface area contributed by atoms with Crippen molar-refractivity contribution in [2.75, 3.05) is 11.9 Å². The van der Waals surface area contributed by atoms with E-state index in [9.17, 15) is 4.79 Å². The molecule has 0 aromatic carbocycles. The summed E-state index contributed by atoms with van der Waals surface area (Å²) in [5.74, 6) is 6.80. The lowest BCUT2D eigenvalue weighted by molar-refractivity contribution is -0.133. The minimum Gasteiger partial charge on any atom is -0.352 e. The van der Waals surface area contributed by atoms with E-state index in [0.29, 0.717) is 5.41 Å². The number of terminal acetylenes is 1. The first kappa shape index (κ1) is 40.4. The summed E-state index contributed by atoms with van der Waals surface area (Å²) in [6.45, 7) is 18.2. The molecule has 0 radical (unpaired) electrons. The number of rotatable bonds is 6. The number of hydrogen-bond donors (Lipinski definition) is 3. The van der Waals surface area contributed by atoms with Gasteiger partial charge in [0, 0.05) is 23.3 Å². The second-order valence-corrected chi connectivity index (χ2v) is 14.5. The van der Waals surface area contributed by atoms with Crippen LogP contribution in [-0.2, 0) is 4.79 Å². The lowest BCUT2D eigenvalue weighted by atomic mass is 9.42. The standard InChI is InChI=1S/C26H47N3O.C5H8.C2H5Br.C2H6.CH4/c1-5-6-17(2)20-7-8-21-19-10-14-26(28)15-18(29-23(30)16-27)9-13-25(26,4)22(19)11-12-24(20,21)3;1-3-5-4-2;1-2-3;1-2;/h17-22H,5-16,27-28H2,1-4H3,(H,29,30);1H,4-5H2,2H3;2H2,1H3;1-2H3;1H4. The van der Waals surface area contributed by atoms with Gasteiger partial charge in [0.15, 0.2) is 0 Å². The summed E-state index contributed by atoms with van der Waals surface area (Å²) in [6.07, 6.45) is 20.8. The highest BCUT2D eigenvalue weighted by Gasteiger charge is 2.64. The Morgan fingerprint density at radius 1 is 1.02 bits per heavy atom. The molecule has 0 bridgehead atoms. The van der Waals surface area contributed by atoms with E-state index in [4.69, 9.17) is 17.9 Å². The number of carbonyl (C=O) groups is 1. The highest BCUT2D eigenvalue weighted by Crippen LogP contribution is 2.68. The zero-order chi connectivity index (χ0) is 30.6. The zero-order valence-corrected chi connectivity index (χ0v) is 29.2. The summed E-state index contributed by atoms with van der Waals surface area (Å²) in [5, 5.41) is 4.21. The third kappa shape index (κ3) is 9.21. The number of hydrogen-bond acceptors (Lipinski definition) is 3. The fourth-order valence-electron chi connectivity index (χ4n) is 9.53. The molecule has 4 nitrogen and oxygen atoms in total. The van der Waals surface area contributed by atoms with Crippen molar-refractivity contribution in [2.24, 2.45) is 51.9 Å². The van der Waals surface area contributed by atoms with Crippen LogP contribution in [0.3, 0.4) is 0 Å². The van der Waals surface area contributed by atoms with Crippen molar-refractivity contribution >= 4 is 21.8 Å². The molecule has 4 rings (SSSR count). The molecule has 9 unspecified atom stereocenters. The van der Waals surface area contributed by atoms with Crippen LogP contribution in [0.1, 0.15) is 146 Å². The van der Waals surface area contributed by atoms with Crippen molar-refractivity contribution in [3.8, 4) is 12.3 Å². The molecule has 242 valence electrons. The molecule has 4 saturated carbocycles. The number of fused-ring (bicyclic) bond motifs is 5. The minimum atomic E-state index is -0.139. The van der Waals surface area contributed by atoms with Gasteiger partial charge >= 0.3 is 0 Å². The first-order valence-corrected chi connectivity index (χ1v) is 17.9. The van der Waals surface area contributed by atoms with Crippen LogP contribution in [0.2, 0.25) is 0 Å². The monoisotopic (exact) mass is 639 g/mol. The Bertz CT molecular complexity index is 783. The van der Waals surface area contributed by atoms with Gasteiger partial charge in [0.05, 0.1) is 6.54 Å². The van der Waals surface area contributed by atoms with Crippen LogP contribution < -0.4 is 16.8 Å². The number of nitrogens with one attached hydrogen (secondary N) is 1. The predicted molar refractivity (Wildman–Crippen MR) is 185 cm³/mol. The Hall–Kier alpha value is -0.570. The largest absolute Gasteiger partial charge is 0.352 e. The van der Waals surface area contributed by atoms with E-state index in [1.165, 1.54) is 44.9 Å². The van der Waals surface area contributed by atoms with Crippen LogP contribution in [0.5, 0.6) is 0 Å². The molecule has 9 atom stereocenters. The predicted octanol–water partition coefficient (Wildman–Crippen LogP) is 9.09. The van der Waals surface area contributed by atoms with Gasteiger partial charge in [0.2, 0.25) is 5.91 Å². The SMILES string of the molecule is C.C#CCCC.CC.CCBr.CCCC(C)C1CCC2C3CCC4(N)CC(NC(=O)CN)CCC4(C)C3CCC12C. The maximum Gasteiger partial charge on any atom is 0.233 e. The first-order valence-electron chi connectivity index (χ1n) is 16.8. The summed E-state index contributed by atoms with van der Waals surface area (Å²) < 4.78 is 0. The van der Waals surface area contributed by atoms with Gasteiger partial charge < -0.3 is 16.8 Å². The second kappa shape index (κ2) is 19.0. The summed E-state index contributed by atoms with van der Waals surface area (Å²) in [5.41, 5.74) is 13.4. The van der Waals surface area contributed by atoms with Gasteiger partial charge in [-0.3, -0.25) is 4.79 Å². The average Bonchev–Trinajstić information content (AvgIpc) is 3.29. The molecule has 0 aromatic heterocycles. The third-order valence-electron chi connectivity index (χ3n) is 11.4. The molecular formula is C36H70BrN3O. The van der Waals surface area contributed by atoms with E-state index < -0.39 is 0 Å². The van der Waals surface area contributed by atoms with E-state index >= 15 is 0 Å². The number of halogens is 1. The summed E-state index contributed by atoms with van der Waals surface area (Å²) in [6, 6.07) is 0.204. The Kier molecular flexibility index (Phi) is 18.7. The fourth-order valence-corrected chi connectivity index (χ4v) is 9.53. The van der Waals surface area contributed by atoms with Gasteiger partial charge in [-0.15, -0.1) is 12.3 Å². The lowest BCUT2D eigenvalue weighted by Crippen LogP contribution is -2.68. The summed E-state index contributed by atoms with van der Waals surface area (Å²) in [7, 11) is 0. The molecule has 4 fully saturated rings. The average molecular weight is 641 g/mol. The van der Waals surface area contributed by atoms with E-state index in [-0.39, 0.29) is 36.9 Å². The second-order valence-electron chi connectivity index (χ2n) is 13.4. The lowest BCUT2D eigenvalue weighted by Gasteiger charge is -2.65.